The van der Waals surface area contributed by atoms with Gasteiger partial charge in [0.15, 0.2) is 45.7 Å². The zero-order valence-corrected chi connectivity index (χ0v) is 31.3. The first-order valence-electron chi connectivity index (χ1n) is 18.0. The molecule has 14 nitrogen and oxygen atoms in total. The molecular formula is C38H40F2N12O2. The Morgan fingerprint density at radius 1 is 0.593 bits per heavy atom. The standard InChI is InChI=1S/2C18H17FN6O.C2H6/c2*1-9-8-20-10(2)17-22-16(23-25(9)17)12-7-11(12)14-15(19)24-6-4-5-13(26-3)18(24)21-14;1-2/h2*4-6,8,11-12H,7H2,1-3H3;1-2H3. The highest BCUT2D eigenvalue weighted by Crippen LogP contribution is 2.55. The van der Waals surface area contributed by atoms with E-state index < -0.39 is 0 Å². The first-order valence-corrected chi connectivity index (χ1v) is 18.0. The molecule has 10 rings (SSSR count). The van der Waals surface area contributed by atoms with Crippen LogP contribution in [0.4, 0.5) is 8.78 Å². The Morgan fingerprint density at radius 3 is 1.37 bits per heavy atom. The van der Waals surface area contributed by atoms with Crippen LogP contribution in [0.5, 0.6) is 11.5 Å². The van der Waals surface area contributed by atoms with Crippen molar-refractivity contribution in [2.75, 3.05) is 14.2 Å². The van der Waals surface area contributed by atoms with Gasteiger partial charge in [-0.3, -0.25) is 18.8 Å². The number of pyridine rings is 2. The number of imidazole rings is 2. The van der Waals surface area contributed by atoms with Crippen molar-refractivity contribution in [3.05, 3.63) is 107 Å². The van der Waals surface area contributed by atoms with Crippen LogP contribution in [-0.4, -0.2) is 72.2 Å². The summed E-state index contributed by atoms with van der Waals surface area (Å²) in [5, 5.41) is 9.22. The van der Waals surface area contributed by atoms with Gasteiger partial charge in [-0.1, -0.05) is 13.8 Å². The van der Waals surface area contributed by atoms with Crippen LogP contribution >= 0.6 is 0 Å². The fourth-order valence-electron chi connectivity index (χ4n) is 6.95. The molecule has 2 fully saturated rings. The number of nitrogens with zero attached hydrogens (tertiary/aromatic N) is 12. The summed E-state index contributed by atoms with van der Waals surface area (Å²) in [4.78, 5) is 26.9. The van der Waals surface area contributed by atoms with Gasteiger partial charge in [-0.25, -0.2) is 29.0 Å². The number of ether oxygens (including phenoxy) is 2. The van der Waals surface area contributed by atoms with Gasteiger partial charge in [0.1, 0.15) is 11.4 Å². The molecule has 8 aromatic heterocycles. The monoisotopic (exact) mass is 734 g/mol. The molecule has 16 heteroatoms. The molecule has 2 aliphatic rings. The summed E-state index contributed by atoms with van der Waals surface area (Å²) < 4.78 is 46.7. The minimum Gasteiger partial charge on any atom is -0.493 e. The fraction of sp³-hybridized carbons (Fsp3) is 0.368. The number of methoxy groups -OCH3 is 2. The van der Waals surface area contributed by atoms with Gasteiger partial charge in [0.25, 0.3) is 0 Å². The third-order valence-electron chi connectivity index (χ3n) is 10.0. The van der Waals surface area contributed by atoms with Gasteiger partial charge >= 0.3 is 0 Å². The maximum Gasteiger partial charge on any atom is 0.221 e. The molecule has 0 spiro atoms. The van der Waals surface area contributed by atoms with E-state index in [1.165, 1.54) is 8.80 Å². The molecule has 2 saturated carbocycles. The van der Waals surface area contributed by atoms with Crippen LogP contribution in [0.3, 0.4) is 0 Å². The van der Waals surface area contributed by atoms with Crippen molar-refractivity contribution in [3.8, 4) is 11.5 Å². The first kappa shape index (κ1) is 35.0. The van der Waals surface area contributed by atoms with E-state index >= 15 is 0 Å². The maximum absolute atomic E-state index is 14.8. The number of fused-ring (bicyclic) bond motifs is 4. The van der Waals surface area contributed by atoms with Crippen molar-refractivity contribution < 1.29 is 18.3 Å². The van der Waals surface area contributed by atoms with Crippen LogP contribution < -0.4 is 9.47 Å². The lowest BCUT2D eigenvalue weighted by Gasteiger charge is -2.00. The molecule has 0 aromatic carbocycles. The van der Waals surface area contributed by atoms with E-state index in [-0.39, 0.29) is 35.6 Å². The number of rotatable bonds is 6. The molecule has 0 radical (unpaired) electrons. The van der Waals surface area contributed by atoms with E-state index in [9.17, 15) is 8.78 Å². The number of hydrogen-bond donors (Lipinski definition) is 0. The van der Waals surface area contributed by atoms with Gasteiger partial charge in [0.05, 0.1) is 37.0 Å². The average molecular weight is 735 g/mol. The largest absolute Gasteiger partial charge is 0.493 e. The second-order valence-electron chi connectivity index (χ2n) is 13.4. The molecule has 4 unspecified atom stereocenters. The Balaban J connectivity index is 0.000000147. The van der Waals surface area contributed by atoms with Gasteiger partial charge in [-0.05, 0) is 64.8 Å². The number of hydrogen-bond acceptors (Lipinski definition) is 10. The van der Waals surface area contributed by atoms with Crippen molar-refractivity contribution in [1.82, 2.24) is 57.9 Å². The highest BCUT2D eigenvalue weighted by atomic mass is 19.1. The Labute approximate surface area is 308 Å². The number of aryl methyl sites for hydroxylation is 4. The van der Waals surface area contributed by atoms with E-state index in [0.29, 0.717) is 34.2 Å². The fourth-order valence-corrected chi connectivity index (χ4v) is 6.95. The molecule has 0 amide bonds. The lowest BCUT2D eigenvalue weighted by Crippen LogP contribution is -1.97. The van der Waals surface area contributed by atoms with Crippen molar-refractivity contribution in [2.24, 2.45) is 0 Å². The van der Waals surface area contributed by atoms with Gasteiger partial charge < -0.3 is 9.47 Å². The normalized spacial score (nSPS) is 18.8. The molecule has 0 bridgehead atoms. The predicted octanol–water partition coefficient (Wildman–Crippen LogP) is 6.64. The van der Waals surface area contributed by atoms with Crippen LogP contribution in [0.2, 0.25) is 0 Å². The SMILES string of the molecule is CC.COc1cccn2c(F)c(C3CC3c3nc4c(C)ncc(C)n4n3)nc12.COc1cccn2c(F)c(C3CC3c3nc4c(C)ncc(C)n4n3)nc12. The van der Waals surface area contributed by atoms with Crippen LogP contribution in [0.1, 0.15) is 96.2 Å². The Bertz CT molecular complexity index is 2430. The van der Waals surface area contributed by atoms with Gasteiger partial charge in [-0.15, -0.1) is 0 Å². The van der Waals surface area contributed by atoms with Crippen molar-refractivity contribution in [1.29, 1.82) is 0 Å². The second kappa shape index (κ2) is 13.4. The van der Waals surface area contributed by atoms with E-state index in [4.69, 9.17) is 9.47 Å². The first-order chi connectivity index (χ1) is 26.2. The topological polar surface area (TPSA) is 139 Å². The summed E-state index contributed by atoms with van der Waals surface area (Å²) in [6, 6.07) is 7.04. The number of halogens is 2. The van der Waals surface area contributed by atoms with E-state index in [1.54, 1.807) is 72.3 Å². The van der Waals surface area contributed by atoms with E-state index in [0.717, 1.165) is 58.6 Å². The lowest BCUT2D eigenvalue weighted by atomic mass is 10.2. The van der Waals surface area contributed by atoms with Gasteiger partial charge in [0, 0.05) is 48.5 Å². The van der Waals surface area contributed by atoms with Crippen LogP contribution in [0.15, 0.2) is 49.1 Å². The average Bonchev–Trinajstić information content (AvgIpc) is 3.94. The summed E-state index contributed by atoms with van der Waals surface area (Å²) >= 11 is 0. The molecule has 4 atom stereocenters. The Hall–Kier alpha value is -6.06. The summed E-state index contributed by atoms with van der Waals surface area (Å²) in [6.07, 6.45) is 8.43. The molecule has 0 saturated heterocycles. The van der Waals surface area contributed by atoms with Gasteiger partial charge in [-0.2, -0.15) is 19.0 Å². The number of aromatic nitrogens is 12. The second-order valence-corrected chi connectivity index (χ2v) is 13.4. The van der Waals surface area contributed by atoms with Crippen LogP contribution in [0, 0.1) is 39.6 Å². The zero-order valence-electron chi connectivity index (χ0n) is 31.3. The van der Waals surface area contributed by atoms with Crippen molar-refractivity contribution in [3.63, 3.8) is 0 Å². The lowest BCUT2D eigenvalue weighted by molar-refractivity contribution is 0.416. The third-order valence-corrected chi connectivity index (χ3v) is 10.0. The molecule has 0 N–H and O–H groups in total. The molecule has 2 aliphatic carbocycles. The molecule has 54 heavy (non-hydrogen) atoms. The maximum atomic E-state index is 14.8. The van der Waals surface area contributed by atoms with E-state index in [1.807, 2.05) is 41.5 Å². The molecule has 8 heterocycles. The summed E-state index contributed by atoms with van der Waals surface area (Å²) in [7, 11) is 3.11. The third kappa shape index (κ3) is 5.67. The minimum atomic E-state index is -0.343. The van der Waals surface area contributed by atoms with Crippen LogP contribution in [-0.2, 0) is 0 Å². The summed E-state index contributed by atoms with van der Waals surface area (Å²) in [5.74, 6) is 1.95. The van der Waals surface area contributed by atoms with E-state index in [2.05, 4.69) is 40.1 Å². The smallest absolute Gasteiger partial charge is 0.221 e. The Morgan fingerprint density at radius 2 is 1.00 bits per heavy atom. The summed E-state index contributed by atoms with van der Waals surface area (Å²) in [6.45, 7) is 11.7. The van der Waals surface area contributed by atoms with Crippen molar-refractivity contribution in [2.45, 2.75) is 78.1 Å². The molecular weight excluding hydrogens is 694 g/mol. The van der Waals surface area contributed by atoms with Gasteiger partial charge in [0.2, 0.25) is 11.9 Å². The van der Waals surface area contributed by atoms with Crippen molar-refractivity contribution >= 4 is 22.6 Å². The highest BCUT2D eigenvalue weighted by Gasteiger charge is 2.47. The predicted molar refractivity (Wildman–Crippen MR) is 195 cm³/mol. The van der Waals surface area contributed by atoms with Crippen LogP contribution in [0.25, 0.3) is 22.6 Å². The molecule has 8 aromatic rings. The zero-order chi connectivity index (χ0) is 38.0. The molecule has 0 aliphatic heterocycles. The quantitative estimate of drug-likeness (QED) is 0.183. The minimum absolute atomic E-state index is 0.0226. The summed E-state index contributed by atoms with van der Waals surface area (Å²) in [5.41, 5.74) is 6.89. The molecule has 278 valence electrons. The highest BCUT2D eigenvalue weighted by molar-refractivity contribution is 5.57. The Kier molecular flexibility index (Phi) is 8.69.